The SMILES string of the molecule is O=C([Se])c1ccc(-c2ccccc2)cc1. The first-order valence-corrected chi connectivity index (χ1v) is 5.50. The second-order valence-corrected chi connectivity index (χ2v) is 4.01. The number of carbonyl (C=O) groups is 1. The average molecular weight is 260 g/mol. The molecule has 1 radical (unpaired) electrons. The summed E-state index contributed by atoms with van der Waals surface area (Å²) in [5.41, 5.74) is 2.99. The Hall–Kier alpha value is -1.37. The molecule has 2 aromatic rings. The molecule has 2 heteroatoms. The fraction of sp³-hybridized carbons (Fsp3) is 0. The molecule has 0 aliphatic rings. The van der Waals surface area contributed by atoms with E-state index in [0.29, 0.717) is 5.56 Å². The zero-order valence-electron chi connectivity index (χ0n) is 8.01. The van der Waals surface area contributed by atoms with Crippen molar-refractivity contribution in [3.8, 4) is 11.1 Å². The van der Waals surface area contributed by atoms with Gasteiger partial charge >= 0.3 is 96.8 Å². The van der Waals surface area contributed by atoms with Crippen LogP contribution in [0.15, 0.2) is 54.6 Å². The summed E-state index contributed by atoms with van der Waals surface area (Å²) in [6.45, 7) is 0. The molecule has 0 unspecified atom stereocenters. The number of carbonyl (C=O) groups excluding carboxylic acids is 1. The van der Waals surface area contributed by atoms with E-state index in [4.69, 9.17) is 0 Å². The van der Waals surface area contributed by atoms with Gasteiger partial charge in [0.05, 0.1) is 0 Å². The summed E-state index contributed by atoms with van der Waals surface area (Å²) >= 11 is 2.48. The number of hydrogen-bond donors (Lipinski definition) is 0. The van der Waals surface area contributed by atoms with Gasteiger partial charge in [-0.05, 0) is 0 Å². The van der Waals surface area contributed by atoms with Crippen molar-refractivity contribution >= 4 is 20.7 Å². The van der Waals surface area contributed by atoms with Gasteiger partial charge < -0.3 is 0 Å². The fourth-order valence-corrected chi connectivity index (χ4v) is 1.71. The first kappa shape index (κ1) is 10.2. The Labute approximate surface area is 97.0 Å². The predicted molar refractivity (Wildman–Crippen MR) is 62.0 cm³/mol. The van der Waals surface area contributed by atoms with Gasteiger partial charge in [0, 0.05) is 0 Å². The maximum atomic E-state index is 11.0. The van der Waals surface area contributed by atoms with E-state index in [1.807, 2.05) is 42.5 Å². The van der Waals surface area contributed by atoms with E-state index in [9.17, 15) is 4.79 Å². The van der Waals surface area contributed by atoms with Crippen LogP contribution in [0.2, 0.25) is 0 Å². The van der Waals surface area contributed by atoms with Crippen molar-refractivity contribution in [1.82, 2.24) is 0 Å². The maximum absolute atomic E-state index is 11.0. The molecule has 0 aromatic heterocycles. The molecule has 0 bridgehead atoms. The Kier molecular flexibility index (Phi) is 3.00. The second-order valence-electron chi connectivity index (χ2n) is 3.23. The van der Waals surface area contributed by atoms with E-state index in [1.165, 1.54) is 0 Å². The second kappa shape index (κ2) is 4.43. The van der Waals surface area contributed by atoms with Gasteiger partial charge in [-0.1, -0.05) is 0 Å². The molecule has 0 heterocycles. The molecule has 0 saturated heterocycles. The molecule has 0 amide bonds. The van der Waals surface area contributed by atoms with Crippen molar-refractivity contribution in [2.24, 2.45) is 0 Å². The molecule has 0 aliphatic carbocycles. The molecule has 0 saturated carbocycles. The molecule has 0 fully saturated rings. The molecule has 0 atom stereocenters. The molecule has 15 heavy (non-hydrogen) atoms. The Bertz CT molecular complexity index is 460. The summed E-state index contributed by atoms with van der Waals surface area (Å²) in [5, 5.41) is 0. The molecular weight excluding hydrogens is 251 g/mol. The molecule has 0 spiro atoms. The monoisotopic (exact) mass is 261 g/mol. The van der Waals surface area contributed by atoms with E-state index < -0.39 is 0 Å². The summed E-state index contributed by atoms with van der Waals surface area (Å²) in [7, 11) is 0. The van der Waals surface area contributed by atoms with Crippen LogP contribution in [0.5, 0.6) is 0 Å². The standard InChI is InChI=1S/C13H9OSe/c14-13(15)12-8-6-11(7-9-12)10-4-2-1-3-5-10/h1-9H. The van der Waals surface area contributed by atoms with E-state index in [1.54, 1.807) is 0 Å². The topological polar surface area (TPSA) is 17.1 Å². The van der Waals surface area contributed by atoms with Crippen LogP contribution in [0.4, 0.5) is 0 Å². The van der Waals surface area contributed by atoms with Crippen LogP contribution in [0.25, 0.3) is 11.1 Å². The molecule has 1 nitrogen and oxygen atoms in total. The Morgan fingerprint density at radius 1 is 0.800 bits per heavy atom. The summed E-state index contributed by atoms with van der Waals surface area (Å²) < 4.78 is -0.0189. The van der Waals surface area contributed by atoms with Crippen LogP contribution in [-0.2, 0) is 0 Å². The van der Waals surface area contributed by atoms with Crippen LogP contribution < -0.4 is 0 Å². The van der Waals surface area contributed by atoms with Crippen molar-refractivity contribution in [3.63, 3.8) is 0 Å². The zero-order valence-corrected chi connectivity index (χ0v) is 9.73. The number of hydrogen-bond acceptors (Lipinski definition) is 1. The summed E-state index contributed by atoms with van der Waals surface area (Å²) in [5.74, 6) is 0. The minimum atomic E-state index is -0.0189. The van der Waals surface area contributed by atoms with Crippen molar-refractivity contribution in [3.05, 3.63) is 60.2 Å². The van der Waals surface area contributed by atoms with Crippen LogP contribution in [0.1, 0.15) is 10.4 Å². The third-order valence-corrected chi connectivity index (χ3v) is 2.72. The molecular formula is C13H9OSe. The molecule has 0 aliphatic heterocycles. The van der Waals surface area contributed by atoms with Gasteiger partial charge in [0.15, 0.2) is 0 Å². The zero-order chi connectivity index (χ0) is 10.7. The summed E-state index contributed by atoms with van der Waals surface area (Å²) in [6, 6.07) is 17.7. The van der Waals surface area contributed by atoms with E-state index in [0.717, 1.165) is 11.1 Å². The third kappa shape index (κ3) is 2.35. The van der Waals surface area contributed by atoms with Gasteiger partial charge in [0.2, 0.25) is 0 Å². The minimum absolute atomic E-state index is 0.0189. The Balaban J connectivity index is 2.36. The predicted octanol–water partition coefficient (Wildman–Crippen LogP) is 2.66. The van der Waals surface area contributed by atoms with Gasteiger partial charge in [-0.15, -0.1) is 0 Å². The van der Waals surface area contributed by atoms with Gasteiger partial charge in [-0.25, -0.2) is 0 Å². The first-order chi connectivity index (χ1) is 7.27. The van der Waals surface area contributed by atoms with Crippen molar-refractivity contribution < 1.29 is 4.79 Å². The van der Waals surface area contributed by atoms with Crippen LogP contribution in [0, 0.1) is 0 Å². The van der Waals surface area contributed by atoms with E-state index in [2.05, 4.69) is 28.1 Å². The average Bonchev–Trinajstić information content (AvgIpc) is 2.30. The number of benzene rings is 2. The van der Waals surface area contributed by atoms with Gasteiger partial charge in [0.1, 0.15) is 0 Å². The molecule has 2 rings (SSSR count). The van der Waals surface area contributed by atoms with Crippen LogP contribution >= 0.6 is 0 Å². The van der Waals surface area contributed by atoms with Crippen molar-refractivity contribution in [2.75, 3.05) is 0 Å². The third-order valence-electron chi connectivity index (χ3n) is 2.23. The summed E-state index contributed by atoms with van der Waals surface area (Å²) in [4.78, 5) is 11.0. The van der Waals surface area contributed by atoms with E-state index in [-0.39, 0.29) is 4.68 Å². The molecule has 2 aromatic carbocycles. The summed E-state index contributed by atoms with van der Waals surface area (Å²) in [6.07, 6.45) is 0. The normalized spacial score (nSPS) is 9.87. The Morgan fingerprint density at radius 3 is 1.87 bits per heavy atom. The fourth-order valence-electron chi connectivity index (χ4n) is 1.43. The first-order valence-electron chi connectivity index (χ1n) is 4.64. The number of rotatable bonds is 2. The van der Waals surface area contributed by atoms with Gasteiger partial charge in [-0.3, -0.25) is 0 Å². The van der Waals surface area contributed by atoms with Crippen molar-refractivity contribution in [1.29, 1.82) is 0 Å². The van der Waals surface area contributed by atoms with Gasteiger partial charge in [0.25, 0.3) is 0 Å². The molecule has 73 valence electrons. The van der Waals surface area contributed by atoms with E-state index >= 15 is 0 Å². The quantitative estimate of drug-likeness (QED) is 0.759. The van der Waals surface area contributed by atoms with Gasteiger partial charge in [-0.2, -0.15) is 0 Å². The van der Waals surface area contributed by atoms with Crippen LogP contribution in [-0.4, -0.2) is 20.7 Å². The van der Waals surface area contributed by atoms with Crippen molar-refractivity contribution in [2.45, 2.75) is 0 Å². The molecule has 0 N–H and O–H groups in total. The van der Waals surface area contributed by atoms with Crippen LogP contribution in [0.3, 0.4) is 0 Å². The Morgan fingerprint density at radius 2 is 1.33 bits per heavy atom.